The molecule has 0 unspecified atom stereocenters. The number of benzene rings is 1. The predicted octanol–water partition coefficient (Wildman–Crippen LogP) is 3.54. The lowest BCUT2D eigenvalue weighted by atomic mass is 10.1. The maximum absolute atomic E-state index is 13.5. The van der Waals surface area contributed by atoms with Gasteiger partial charge in [0.1, 0.15) is 11.6 Å². The molecule has 7 nitrogen and oxygen atoms in total. The van der Waals surface area contributed by atoms with Crippen LogP contribution in [0, 0.1) is 0 Å². The van der Waals surface area contributed by atoms with Crippen LogP contribution in [-0.2, 0) is 15.7 Å². The smallest absolute Gasteiger partial charge is 0.417 e. The summed E-state index contributed by atoms with van der Waals surface area (Å²) in [6.07, 6.45) is -3.61. The summed E-state index contributed by atoms with van der Waals surface area (Å²) in [6, 6.07) is 6.22. The van der Waals surface area contributed by atoms with Crippen molar-refractivity contribution in [2.24, 2.45) is 0 Å². The number of esters is 1. The van der Waals surface area contributed by atoms with Crippen molar-refractivity contribution in [3.63, 3.8) is 0 Å². The summed E-state index contributed by atoms with van der Waals surface area (Å²) in [6.45, 7) is 1.96. The molecule has 1 aliphatic rings. The molecule has 0 radical (unpaired) electrons. The van der Waals surface area contributed by atoms with Crippen molar-refractivity contribution < 1.29 is 27.5 Å². The number of rotatable bonds is 3. The predicted molar refractivity (Wildman–Crippen MR) is 101 cm³/mol. The molecule has 0 aliphatic carbocycles. The van der Waals surface area contributed by atoms with Crippen LogP contribution in [0.15, 0.2) is 36.5 Å². The van der Waals surface area contributed by atoms with Crippen molar-refractivity contribution >= 4 is 40.3 Å². The van der Waals surface area contributed by atoms with Crippen LogP contribution in [0.5, 0.6) is 0 Å². The summed E-state index contributed by atoms with van der Waals surface area (Å²) in [5.41, 5.74) is -1.25. The van der Waals surface area contributed by atoms with Crippen LogP contribution in [0.25, 0.3) is 11.0 Å². The monoisotopic (exact) mass is 438 g/mol. The van der Waals surface area contributed by atoms with E-state index < -0.39 is 29.2 Å². The van der Waals surface area contributed by atoms with Crippen LogP contribution in [0.1, 0.15) is 22.8 Å². The number of carbonyl (C=O) groups is 2. The summed E-state index contributed by atoms with van der Waals surface area (Å²) in [5, 5.41) is 3.90. The average molecular weight is 439 g/mol. The van der Waals surface area contributed by atoms with E-state index in [9.17, 15) is 22.8 Å². The number of halogens is 4. The zero-order valence-corrected chi connectivity index (χ0v) is 16.2. The van der Waals surface area contributed by atoms with E-state index >= 15 is 0 Å². The molecule has 30 heavy (non-hydrogen) atoms. The number of pyridine rings is 1. The van der Waals surface area contributed by atoms with E-state index in [1.165, 1.54) is 25.3 Å². The molecule has 0 spiro atoms. The van der Waals surface area contributed by atoms with Gasteiger partial charge in [-0.15, -0.1) is 5.10 Å². The third-order valence-electron chi connectivity index (χ3n) is 4.63. The number of ether oxygens (including phenoxy) is 1. The first-order chi connectivity index (χ1) is 14.2. The Kier molecular flexibility index (Phi) is 4.89. The second-order valence-corrected chi connectivity index (χ2v) is 7.12. The molecule has 156 valence electrons. The number of hydrogen-bond acceptors (Lipinski definition) is 6. The van der Waals surface area contributed by atoms with Gasteiger partial charge in [0.15, 0.2) is 5.82 Å². The quantitative estimate of drug-likeness (QED) is 0.582. The van der Waals surface area contributed by atoms with Gasteiger partial charge in [-0.25, -0.2) is 0 Å². The van der Waals surface area contributed by atoms with E-state index in [-0.39, 0.29) is 16.6 Å². The number of aromatic nitrogens is 3. The van der Waals surface area contributed by atoms with Gasteiger partial charge in [-0.3, -0.25) is 14.6 Å². The van der Waals surface area contributed by atoms with Crippen LogP contribution in [0.2, 0.25) is 5.02 Å². The van der Waals surface area contributed by atoms with Gasteiger partial charge >= 0.3 is 12.1 Å². The van der Waals surface area contributed by atoms with Gasteiger partial charge in [0.25, 0.3) is 5.91 Å². The minimum atomic E-state index is -4.77. The van der Waals surface area contributed by atoms with Gasteiger partial charge in [0.05, 0.1) is 34.8 Å². The molecule has 0 bridgehead atoms. The Morgan fingerprint density at radius 2 is 1.93 bits per heavy atom. The van der Waals surface area contributed by atoms with Crippen LogP contribution < -0.4 is 4.90 Å². The SMILES string of the molecule is CC(=O)OC1CN(c2nn(C(=O)c3c(Cl)cccc3C(F)(F)F)c3cccnc23)C1. The second kappa shape index (κ2) is 7.28. The molecule has 0 atom stereocenters. The van der Waals surface area contributed by atoms with Gasteiger partial charge in [0, 0.05) is 13.1 Å². The molecule has 11 heteroatoms. The molecule has 1 fully saturated rings. The van der Waals surface area contributed by atoms with Crippen molar-refractivity contribution in [1.29, 1.82) is 0 Å². The maximum Gasteiger partial charge on any atom is 0.417 e. The van der Waals surface area contributed by atoms with Gasteiger partial charge in [-0.05, 0) is 24.3 Å². The van der Waals surface area contributed by atoms with Crippen molar-refractivity contribution in [2.45, 2.75) is 19.2 Å². The summed E-state index contributed by atoms with van der Waals surface area (Å²) in [4.78, 5) is 30.1. The van der Waals surface area contributed by atoms with Crippen LogP contribution in [-0.4, -0.2) is 45.8 Å². The maximum atomic E-state index is 13.5. The Morgan fingerprint density at radius 3 is 2.60 bits per heavy atom. The summed E-state index contributed by atoms with van der Waals surface area (Å²) < 4.78 is 46.3. The zero-order chi connectivity index (χ0) is 21.6. The van der Waals surface area contributed by atoms with E-state index in [0.29, 0.717) is 24.4 Å². The Labute approximate surface area is 173 Å². The molecule has 1 saturated heterocycles. The Bertz CT molecular complexity index is 1160. The van der Waals surface area contributed by atoms with E-state index in [0.717, 1.165) is 16.8 Å². The fraction of sp³-hybridized carbons (Fsp3) is 0.263. The molecule has 1 aliphatic heterocycles. The first-order valence-corrected chi connectivity index (χ1v) is 9.21. The minimum absolute atomic E-state index is 0.237. The van der Waals surface area contributed by atoms with E-state index in [4.69, 9.17) is 16.3 Å². The highest BCUT2D eigenvalue weighted by molar-refractivity contribution is 6.34. The fourth-order valence-electron chi connectivity index (χ4n) is 3.31. The van der Waals surface area contributed by atoms with Crippen LogP contribution in [0.4, 0.5) is 19.0 Å². The molecule has 3 heterocycles. The standard InChI is InChI=1S/C19H14ClF3N4O3/c1-10(28)30-11-8-26(9-11)17-16-14(6-3-7-24-16)27(25-17)18(29)15-12(19(21,22)23)4-2-5-13(15)20/h2-7,11H,8-9H2,1H3. The molecule has 4 rings (SSSR count). The minimum Gasteiger partial charge on any atom is -0.459 e. The third-order valence-corrected chi connectivity index (χ3v) is 4.94. The second-order valence-electron chi connectivity index (χ2n) is 6.71. The topological polar surface area (TPSA) is 77.3 Å². The molecule has 1 aromatic carbocycles. The lowest BCUT2D eigenvalue weighted by Gasteiger charge is -2.38. The average Bonchev–Trinajstić information content (AvgIpc) is 3.02. The third kappa shape index (κ3) is 3.47. The highest BCUT2D eigenvalue weighted by Crippen LogP contribution is 2.36. The number of anilines is 1. The number of nitrogens with zero attached hydrogens (tertiary/aromatic N) is 4. The summed E-state index contributed by atoms with van der Waals surface area (Å²) in [5.74, 6) is -1.13. The number of hydrogen-bond donors (Lipinski definition) is 0. The molecular formula is C19H14ClF3N4O3. The fourth-order valence-corrected chi connectivity index (χ4v) is 3.56. The zero-order valence-electron chi connectivity index (χ0n) is 15.5. The van der Waals surface area contributed by atoms with Gasteiger partial charge < -0.3 is 9.64 Å². The Hall–Kier alpha value is -3.14. The Morgan fingerprint density at radius 1 is 1.20 bits per heavy atom. The molecule has 2 aromatic heterocycles. The van der Waals surface area contributed by atoms with Crippen LogP contribution in [0.3, 0.4) is 0 Å². The number of alkyl halides is 3. The van der Waals surface area contributed by atoms with Gasteiger partial charge in [-0.1, -0.05) is 17.7 Å². The first kappa shape index (κ1) is 20.1. The summed E-state index contributed by atoms with van der Waals surface area (Å²) >= 11 is 5.97. The van der Waals surface area contributed by atoms with Crippen LogP contribution >= 0.6 is 11.6 Å². The lowest BCUT2D eigenvalue weighted by molar-refractivity contribution is -0.147. The number of carbonyl (C=O) groups excluding carboxylic acids is 2. The van der Waals surface area contributed by atoms with Gasteiger partial charge in [0.2, 0.25) is 0 Å². The normalized spacial score (nSPS) is 14.6. The molecule has 0 saturated carbocycles. The molecule has 3 aromatic rings. The van der Waals surface area contributed by atoms with Crippen molar-refractivity contribution in [1.82, 2.24) is 14.8 Å². The Balaban J connectivity index is 1.77. The molecule has 0 amide bonds. The van der Waals surface area contributed by atoms with Crippen molar-refractivity contribution in [2.75, 3.05) is 18.0 Å². The number of fused-ring (bicyclic) bond motifs is 1. The molecular weight excluding hydrogens is 425 g/mol. The molecule has 0 N–H and O–H groups in total. The van der Waals surface area contributed by atoms with Crippen molar-refractivity contribution in [3.05, 3.63) is 52.7 Å². The highest BCUT2D eigenvalue weighted by Gasteiger charge is 2.38. The lowest BCUT2D eigenvalue weighted by Crippen LogP contribution is -2.53. The van der Waals surface area contributed by atoms with E-state index in [1.54, 1.807) is 11.0 Å². The largest absolute Gasteiger partial charge is 0.459 e. The van der Waals surface area contributed by atoms with Gasteiger partial charge in [-0.2, -0.15) is 17.9 Å². The summed E-state index contributed by atoms with van der Waals surface area (Å²) in [7, 11) is 0. The first-order valence-electron chi connectivity index (χ1n) is 8.83. The highest BCUT2D eigenvalue weighted by atomic mass is 35.5. The van der Waals surface area contributed by atoms with Crippen molar-refractivity contribution in [3.8, 4) is 0 Å². The van der Waals surface area contributed by atoms with E-state index in [2.05, 4.69) is 10.1 Å². The van der Waals surface area contributed by atoms with E-state index in [1.807, 2.05) is 0 Å².